The molecule has 7 heteroatoms. The molecule has 4 rings (SSSR count). The van der Waals surface area contributed by atoms with Crippen LogP contribution in [-0.2, 0) is 17.8 Å². The summed E-state index contributed by atoms with van der Waals surface area (Å²) < 4.78 is 18.1. The summed E-state index contributed by atoms with van der Waals surface area (Å²) in [6, 6.07) is 13.3. The molecule has 3 aromatic rings. The number of methoxy groups -OCH3 is 2. The van der Waals surface area contributed by atoms with Crippen LogP contribution in [0.5, 0.6) is 17.2 Å². The number of para-hydroxylation sites is 1. The summed E-state index contributed by atoms with van der Waals surface area (Å²) in [5.41, 5.74) is 3.03. The summed E-state index contributed by atoms with van der Waals surface area (Å²) >= 11 is 0. The van der Waals surface area contributed by atoms with Crippen LogP contribution in [-0.4, -0.2) is 36.5 Å². The number of benzene rings is 2. The third-order valence-corrected chi connectivity index (χ3v) is 4.91. The maximum atomic E-state index is 12.4. The molecule has 1 aromatic heterocycles. The Hall–Kier alpha value is -3.74. The topological polar surface area (TPSA) is 74.6 Å². The molecule has 0 atom stereocenters. The summed E-state index contributed by atoms with van der Waals surface area (Å²) in [5.74, 6) is 2.58. The number of fused-ring (bicyclic) bond motifs is 1. The van der Waals surface area contributed by atoms with Crippen LogP contribution in [0.1, 0.15) is 16.7 Å². The molecule has 1 N–H and O–H groups in total. The second kappa shape index (κ2) is 8.73. The van der Waals surface area contributed by atoms with Gasteiger partial charge in [-0.25, -0.2) is 4.68 Å². The third-order valence-electron chi connectivity index (χ3n) is 4.91. The molecule has 0 saturated carbocycles. The SMILES string of the molecule is COc1cccc(Cn2nccc2NC(=O)C=Cc2ccc3c(c2)CCO3)c1OC. The number of carbonyl (C=O) groups is 1. The Morgan fingerprint density at radius 2 is 2.13 bits per heavy atom. The molecule has 154 valence electrons. The molecular weight excluding hydrogens is 382 g/mol. The normalized spacial score (nSPS) is 12.5. The molecule has 0 saturated heterocycles. The van der Waals surface area contributed by atoms with Crippen LogP contribution in [0.3, 0.4) is 0 Å². The number of anilines is 1. The van der Waals surface area contributed by atoms with Crippen molar-refractivity contribution in [1.29, 1.82) is 0 Å². The highest BCUT2D eigenvalue weighted by Crippen LogP contribution is 2.31. The van der Waals surface area contributed by atoms with E-state index in [1.807, 2.05) is 36.4 Å². The number of nitrogens with zero attached hydrogens (tertiary/aromatic N) is 2. The van der Waals surface area contributed by atoms with Gasteiger partial charge in [-0.05, 0) is 35.4 Å². The van der Waals surface area contributed by atoms with Crippen molar-refractivity contribution in [1.82, 2.24) is 9.78 Å². The second-order valence-electron chi connectivity index (χ2n) is 6.81. The van der Waals surface area contributed by atoms with Crippen LogP contribution < -0.4 is 19.5 Å². The molecule has 30 heavy (non-hydrogen) atoms. The number of ether oxygens (including phenoxy) is 3. The Morgan fingerprint density at radius 3 is 2.97 bits per heavy atom. The van der Waals surface area contributed by atoms with E-state index in [2.05, 4.69) is 10.4 Å². The first-order chi connectivity index (χ1) is 14.7. The minimum Gasteiger partial charge on any atom is -0.493 e. The average molecular weight is 405 g/mol. The van der Waals surface area contributed by atoms with Crippen molar-refractivity contribution < 1.29 is 19.0 Å². The van der Waals surface area contributed by atoms with E-state index in [0.29, 0.717) is 30.5 Å². The quantitative estimate of drug-likeness (QED) is 0.609. The summed E-state index contributed by atoms with van der Waals surface area (Å²) in [6.07, 6.45) is 5.85. The van der Waals surface area contributed by atoms with E-state index in [1.54, 1.807) is 37.2 Å². The lowest BCUT2D eigenvalue weighted by Crippen LogP contribution is -2.14. The molecule has 2 aromatic carbocycles. The molecule has 0 bridgehead atoms. The fourth-order valence-corrected chi connectivity index (χ4v) is 3.45. The minimum absolute atomic E-state index is 0.230. The van der Waals surface area contributed by atoms with Gasteiger partial charge >= 0.3 is 0 Å². The average Bonchev–Trinajstić information content (AvgIpc) is 3.41. The van der Waals surface area contributed by atoms with E-state index >= 15 is 0 Å². The predicted octanol–water partition coefficient (Wildman–Crippen LogP) is 3.54. The van der Waals surface area contributed by atoms with Gasteiger partial charge in [0.25, 0.3) is 0 Å². The van der Waals surface area contributed by atoms with Gasteiger partial charge in [-0.2, -0.15) is 5.10 Å². The Kier molecular flexibility index (Phi) is 5.70. The van der Waals surface area contributed by atoms with Gasteiger partial charge < -0.3 is 19.5 Å². The van der Waals surface area contributed by atoms with Crippen molar-refractivity contribution in [3.05, 3.63) is 71.4 Å². The van der Waals surface area contributed by atoms with Crippen molar-refractivity contribution in [3.8, 4) is 17.2 Å². The first-order valence-corrected chi connectivity index (χ1v) is 9.64. The van der Waals surface area contributed by atoms with E-state index in [-0.39, 0.29) is 5.91 Å². The zero-order valence-corrected chi connectivity index (χ0v) is 16.9. The molecule has 7 nitrogen and oxygen atoms in total. The molecule has 1 amide bonds. The van der Waals surface area contributed by atoms with Crippen LogP contribution in [0.25, 0.3) is 6.08 Å². The lowest BCUT2D eigenvalue weighted by Gasteiger charge is -2.14. The van der Waals surface area contributed by atoms with Crippen LogP contribution in [0.2, 0.25) is 0 Å². The van der Waals surface area contributed by atoms with Crippen molar-refractivity contribution in [3.63, 3.8) is 0 Å². The highest BCUT2D eigenvalue weighted by atomic mass is 16.5. The number of rotatable bonds is 7. The first-order valence-electron chi connectivity index (χ1n) is 9.64. The minimum atomic E-state index is -0.230. The van der Waals surface area contributed by atoms with Gasteiger partial charge in [-0.3, -0.25) is 4.79 Å². The fraction of sp³-hybridized carbons (Fsp3) is 0.217. The van der Waals surface area contributed by atoms with Gasteiger partial charge in [0.1, 0.15) is 11.6 Å². The van der Waals surface area contributed by atoms with E-state index < -0.39 is 0 Å². The second-order valence-corrected chi connectivity index (χ2v) is 6.81. The fourth-order valence-electron chi connectivity index (χ4n) is 3.45. The van der Waals surface area contributed by atoms with Crippen LogP contribution in [0.15, 0.2) is 54.7 Å². The summed E-state index contributed by atoms with van der Waals surface area (Å²) in [5, 5.41) is 7.20. The van der Waals surface area contributed by atoms with Crippen LogP contribution in [0.4, 0.5) is 5.82 Å². The molecule has 0 radical (unpaired) electrons. The smallest absolute Gasteiger partial charge is 0.249 e. The maximum Gasteiger partial charge on any atom is 0.249 e. The molecule has 0 unspecified atom stereocenters. The molecule has 0 fully saturated rings. The van der Waals surface area contributed by atoms with Crippen molar-refractivity contribution >= 4 is 17.8 Å². The zero-order valence-electron chi connectivity index (χ0n) is 16.9. The van der Waals surface area contributed by atoms with Crippen molar-refractivity contribution in [2.24, 2.45) is 0 Å². The summed E-state index contributed by atoms with van der Waals surface area (Å²) in [4.78, 5) is 12.4. The van der Waals surface area contributed by atoms with Gasteiger partial charge in [0.05, 0.1) is 33.6 Å². The zero-order chi connectivity index (χ0) is 20.9. The highest BCUT2D eigenvalue weighted by molar-refractivity contribution is 6.01. The van der Waals surface area contributed by atoms with Crippen molar-refractivity contribution in [2.75, 3.05) is 26.1 Å². The van der Waals surface area contributed by atoms with Crippen molar-refractivity contribution in [2.45, 2.75) is 13.0 Å². The number of aromatic nitrogens is 2. The van der Waals surface area contributed by atoms with Gasteiger partial charge in [0.2, 0.25) is 5.91 Å². The van der Waals surface area contributed by atoms with Gasteiger partial charge in [0, 0.05) is 24.1 Å². The van der Waals surface area contributed by atoms with Crippen LogP contribution >= 0.6 is 0 Å². The summed E-state index contributed by atoms with van der Waals surface area (Å²) in [6.45, 7) is 1.14. The molecule has 2 heterocycles. The molecule has 0 aliphatic carbocycles. The molecule has 1 aliphatic heterocycles. The van der Waals surface area contributed by atoms with E-state index in [4.69, 9.17) is 14.2 Å². The number of amides is 1. The Morgan fingerprint density at radius 1 is 1.23 bits per heavy atom. The van der Waals surface area contributed by atoms with Gasteiger partial charge in [0.15, 0.2) is 11.5 Å². The van der Waals surface area contributed by atoms with Gasteiger partial charge in [-0.1, -0.05) is 18.2 Å². The first kappa shape index (κ1) is 19.6. The monoisotopic (exact) mass is 405 g/mol. The maximum absolute atomic E-state index is 12.4. The van der Waals surface area contributed by atoms with Crippen LogP contribution in [0, 0.1) is 0 Å². The predicted molar refractivity (Wildman–Crippen MR) is 114 cm³/mol. The standard InChI is InChI=1S/C23H23N3O4/c1-28-20-5-3-4-18(23(20)29-2)15-26-21(10-12-24-26)25-22(27)9-7-16-6-8-19-17(14-16)11-13-30-19/h3-10,12,14H,11,13,15H2,1-2H3,(H,25,27). The van der Waals surface area contributed by atoms with E-state index in [1.165, 1.54) is 11.6 Å². The van der Waals surface area contributed by atoms with E-state index in [0.717, 1.165) is 23.3 Å². The number of hydrogen-bond acceptors (Lipinski definition) is 5. The summed E-state index contributed by atoms with van der Waals surface area (Å²) in [7, 11) is 3.20. The van der Waals surface area contributed by atoms with E-state index in [9.17, 15) is 4.79 Å². The highest BCUT2D eigenvalue weighted by Gasteiger charge is 2.13. The Balaban J connectivity index is 1.45. The number of nitrogens with one attached hydrogen (secondary N) is 1. The largest absolute Gasteiger partial charge is 0.493 e. The Bertz CT molecular complexity index is 1090. The molecular formula is C23H23N3O4. The lowest BCUT2D eigenvalue weighted by molar-refractivity contribution is -0.111. The lowest BCUT2D eigenvalue weighted by atomic mass is 10.1. The Labute approximate surface area is 174 Å². The van der Waals surface area contributed by atoms with Gasteiger partial charge in [-0.15, -0.1) is 0 Å². The number of hydrogen-bond donors (Lipinski definition) is 1. The third kappa shape index (κ3) is 4.15. The molecule has 0 spiro atoms. The molecule has 1 aliphatic rings. The number of carbonyl (C=O) groups excluding carboxylic acids is 1.